The van der Waals surface area contributed by atoms with Crippen LogP contribution in [-0.4, -0.2) is 37.0 Å². The van der Waals surface area contributed by atoms with Gasteiger partial charge in [-0.25, -0.2) is 0 Å². The topological polar surface area (TPSA) is 80.3 Å². The van der Waals surface area contributed by atoms with Crippen LogP contribution in [0.5, 0.6) is 5.75 Å². The molecule has 0 radical (unpaired) electrons. The van der Waals surface area contributed by atoms with Crippen LogP contribution in [0.15, 0.2) is 78.9 Å². The third-order valence-electron chi connectivity index (χ3n) is 5.66. The van der Waals surface area contributed by atoms with E-state index < -0.39 is 0 Å². The van der Waals surface area contributed by atoms with Crippen molar-refractivity contribution in [2.24, 2.45) is 0 Å². The number of carbonyl (C=O) groups excluding carboxylic acids is 2. The van der Waals surface area contributed by atoms with Gasteiger partial charge < -0.3 is 15.4 Å². The number of fused-ring (bicyclic) bond motifs is 1. The van der Waals surface area contributed by atoms with Crippen molar-refractivity contribution >= 4 is 22.7 Å². The summed E-state index contributed by atoms with van der Waals surface area (Å²) in [7, 11) is 1.56. The van der Waals surface area contributed by atoms with Gasteiger partial charge >= 0.3 is 0 Å². The van der Waals surface area contributed by atoms with Gasteiger partial charge in [0.15, 0.2) is 0 Å². The first kappa shape index (κ1) is 23.0. The second-order valence-electron chi connectivity index (χ2n) is 7.95. The van der Waals surface area contributed by atoms with Crippen molar-refractivity contribution in [3.63, 3.8) is 0 Å². The van der Waals surface area contributed by atoms with Crippen LogP contribution in [0.2, 0.25) is 0 Å². The molecule has 0 aliphatic heterocycles. The first-order valence-electron chi connectivity index (χ1n) is 11.2. The first-order valence-corrected chi connectivity index (χ1v) is 11.2. The zero-order valence-electron chi connectivity index (χ0n) is 19.3. The highest BCUT2D eigenvalue weighted by molar-refractivity contribution is 5.98. The molecule has 1 aromatic heterocycles. The minimum atomic E-state index is -0.214. The van der Waals surface area contributed by atoms with Crippen molar-refractivity contribution in [3.8, 4) is 16.9 Å². The van der Waals surface area contributed by atoms with Gasteiger partial charge in [0.05, 0.1) is 19.0 Å². The lowest BCUT2D eigenvalue weighted by Crippen LogP contribution is -2.35. The summed E-state index contributed by atoms with van der Waals surface area (Å²) in [6.07, 6.45) is 0.206. The fraction of sp³-hybridized carbons (Fsp3) is 0.179. The predicted molar refractivity (Wildman–Crippen MR) is 134 cm³/mol. The molecule has 0 bridgehead atoms. The normalized spacial score (nSPS) is 10.6. The quantitative estimate of drug-likeness (QED) is 0.390. The average Bonchev–Trinajstić information content (AvgIpc) is 2.87. The minimum absolute atomic E-state index is 0.118. The number of hydrogen-bond donors (Lipinski definition) is 2. The van der Waals surface area contributed by atoms with Crippen molar-refractivity contribution < 1.29 is 14.3 Å². The van der Waals surface area contributed by atoms with Crippen LogP contribution in [-0.2, 0) is 11.2 Å². The number of carbonyl (C=O) groups is 2. The summed E-state index contributed by atoms with van der Waals surface area (Å²) in [5.41, 5.74) is 5.24. The standard InChI is InChI=1S/C28H27N3O3/c1-19-24(27(20-9-4-3-5-10-20)23-13-6-7-14-25(23)31-19)18-26(32)29-15-16-30-28(33)21-11-8-12-22(17-21)34-2/h3-14,17H,15-16,18H2,1-2H3,(H,29,32)(H,30,33). The summed E-state index contributed by atoms with van der Waals surface area (Å²) in [6.45, 7) is 2.59. The molecule has 0 saturated carbocycles. The van der Waals surface area contributed by atoms with Gasteiger partial charge in [-0.15, -0.1) is 0 Å². The minimum Gasteiger partial charge on any atom is -0.497 e. The second-order valence-corrected chi connectivity index (χ2v) is 7.95. The molecule has 0 aliphatic rings. The average molecular weight is 454 g/mol. The number of aryl methyl sites for hydroxylation is 1. The molecule has 2 N–H and O–H groups in total. The lowest BCUT2D eigenvalue weighted by atomic mass is 9.92. The number of hydrogen-bond acceptors (Lipinski definition) is 4. The van der Waals surface area contributed by atoms with Gasteiger partial charge in [-0.1, -0.05) is 54.6 Å². The van der Waals surface area contributed by atoms with Crippen LogP contribution >= 0.6 is 0 Å². The van der Waals surface area contributed by atoms with Gasteiger partial charge in [0, 0.05) is 29.7 Å². The van der Waals surface area contributed by atoms with Crippen molar-refractivity contribution in [2.75, 3.05) is 20.2 Å². The maximum atomic E-state index is 12.8. The Hall–Kier alpha value is -4.19. The maximum Gasteiger partial charge on any atom is 0.251 e. The Balaban J connectivity index is 1.44. The number of nitrogens with zero attached hydrogens (tertiary/aromatic N) is 1. The van der Waals surface area contributed by atoms with E-state index in [1.165, 1.54) is 0 Å². The van der Waals surface area contributed by atoms with Gasteiger partial charge in [0.2, 0.25) is 5.91 Å². The molecule has 2 amide bonds. The smallest absolute Gasteiger partial charge is 0.251 e. The lowest BCUT2D eigenvalue weighted by Gasteiger charge is -2.16. The van der Waals surface area contributed by atoms with Crippen LogP contribution in [0, 0.1) is 6.92 Å². The van der Waals surface area contributed by atoms with Gasteiger partial charge in [-0.2, -0.15) is 0 Å². The largest absolute Gasteiger partial charge is 0.497 e. The Kier molecular flexibility index (Phi) is 7.18. The summed E-state index contributed by atoms with van der Waals surface area (Å²) in [5.74, 6) is 0.289. The number of pyridine rings is 1. The number of amides is 2. The van der Waals surface area contributed by atoms with E-state index in [0.717, 1.165) is 33.3 Å². The van der Waals surface area contributed by atoms with Gasteiger partial charge in [0.1, 0.15) is 5.75 Å². The van der Waals surface area contributed by atoms with Gasteiger partial charge in [-0.05, 0) is 47.9 Å². The van der Waals surface area contributed by atoms with Crippen LogP contribution in [0.3, 0.4) is 0 Å². The zero-order chi connectivity index (χ0) is 23.9. The molecule has 6 nitrogen and oxygen atoms in total. The van der Waals surface area contributed by atoms with E-state index >= 15 is 0 Å². The molecule has 0 unspecified atom stereocenters. The Labute approximate surface area is 199 Å². The van der Waals surface area contributed by atoms with E-state index in [1.54, 1.807) is 31.4 Å². The zero-order valence-corrected chi connectivity index (χ0v) is 19.3. The monoisotopic (exact) mass is 453 g/mol. The molecule has 1 heterocycles. The molecule has 172 valence electrons. The van der Waals surface area contributed by atoms with E-state index in [1.807, 2.05) is 49.4 Å². The van der Waals surface area contributed by atoms with E-state index in [9.17, 15) is 9.59 Å². The van der Waals surface area contributed by atoms with Crippen LogP contribution in [0.4, 0.5) is 0 Å². The number of benzene rings is 3. The summed E-state index contributed by atoms with van der Waals surface area (Å²) < 4.78 is 5.15. The molecule has 0 fully saturated rings. The molecule has 0 saturated heterocycles. The van der Waals surface area contributed by atoms with Crippen LogP contribution < -0.4 is 15.4 Å². The predicted octanol–water partition coefficient (Wildman–Crippen LogP) is 4.31. The molecular formula is C28H27N3O3. The molecule has 4 aromatic rings. The van der Waals surface area contributed by atoms with Crippen molar-refractivity contribution in [1.29, 1.82) is 0 Å². The van der Waals surface area contributed by atoms with Gasteiger partial charge in [-0.3, -0.25) is 14.6 Å². The van der Waals surface area contributed by atoms with Crippen LogP contribution in [0.25, 0.3) is 22.0 Å². The second kappa shape index (κ2) is 10.6. The Bertz CT molecular complexity index is 1320. The SMILES string of the molecule is COc1cccc(C(=O)NCCNC(=O)Cc2c(C)nc3ccccc3c2-c2ccccc2)c1. The molecular weight excluding hydrogens is 426 g/mol. The fourth-order valence-electron chi connectivity index (χ4n) is 3.99. The molecule has 0 spiro atoms. The molecule has 4 rings (SSSR count). The number of aromatic nitrogens is 1. The van der Waals surface area contributed by atoms with Crippen molar-refractivity contribution in [3.05, 3.63) is 95.7 Å². The number of para-hydroxylation sites is 1. The van der Waals surface area contributed by atoms with Crippen molar-refractivity contribution in [2.45, 2.75) is 13.3 Å². The molecule has 0 aliphatic carbocycles. The highest BCUT2D eigenvalue weighted by Crippen LogP contribution is 2.33. The number of nitrogens with one attached hydrogen (secondary N) is 2. The first-order chi connectivity index (χ1) is 16.6. The summed E-state index contributed by atoms with van der Waals surface area (Å²) in [6, 6.07) is 25.0. The number of rotatable bonds is 8. The Morgan fingerprint density at radius 2 is 1.62 bits per heavy atom. The molecule has 3 aromatic carbocycles. The van der Waals surface area contributed by atoms with E-state index in [-0.39, 0.29) is 18.2 Å². The third kappa shape index (κ3) is 5.23. The van der Waals surface area contributed by atoms with E-state index in [4.69, 9.17) is 9.72 Å². The third-order valence-corrected chi connectivity index (χ3v) is 5.66. The summed E-state index contributed by atoms with van der Waals surface area (Å²) >= 11 is 0. The molecule has 6 heteroatoms. The number of ether oxygens (including phenoxy) is 1. The number of methoxy groups -OCH3 is 1. The summed E-state index contributed by atoms with van der Waals surface area (Å²) in [4.78, 5) is 29.9. The Morgan fingerprint density at radius 1 is 0.882 bits per heavy atom. The van der Waals surface area contributed by atoms with Crippen LogP contribution in [0.1, 0.15) is 21.6 Å². The summed E-state index contributed by atoms with van der Waals surface area (Å²) in [5, 5.41) is 6.75. The highest BCUT2D eigenvalue weighted by Gasteiger charge is 2.17. The molecule has 0 atom stereocenters. The maximum absolute atomic E-state index is 12.8. The molecule has 34 heavy (non-hydrogen) atoms. The van der Waals surface area contributed by atoms with Crippen molar-refractivity contribution in [1.82, 2.24) is 15.6 Å². The lowest BCUT2D eigenvalue weighted by molar-refractivity contribution is -0.120. The van der Waals surface area contributed by atoms with E-state index in [2.05, 4.69) is 22.8 Å². The fourth-order valence-corrected chi connectivity index (χ4v) is 3.99. The highest BCUT2D eigenvalue weighted by atomic mass is 16.5. The Morgan fingerprint density at radius 3 is 2.41 bits per heavy atom. The van der Waals surface area contributed by atoms with E-state index in [0.29, 0.717) is 24.4 Å². The van der Waals surface area contributed by atoms with Gasteiger partial charge in [0.25, 0.3) is 5.91 Å².